The minimum Gasteiger partial charge on any atom is -0.318 e. The Labute approximate surface area is 149 Å². The largest absolute Gasteiger partial charge is 0.318 e. The van der Waals surface area contributed by atoms with Crippen LogP contribution in [0.4, 0.5) is 0 Å². The molecule has 0 bridgehead atoms. The average Bonchev–Trinajstić information content (AvgIpc) is 2.45. The summed E-state index contributed by atoms with van der Waals surface area (Å²) in [6.45, 7) is 13.4. The van der Waals surface area contributed by atoms with Gasteiger partial charge in [-0.2, -0.15) is 0 Å². The zero-order valence-corrected chi connectivity index (χ0v) is 16.4. The van der Waals surface area contributed by atoms with Gasteiger partial charge in [-0.15, -0.1) is 0 Å². The van der Waals surface area contributed by atoms with Crippen LogP contribution in [0.3, 0.4) is 0 Å². The van der Waals surface area contributed by atoms with Crippen LogP contribution in [0.15, 0.2) is 29.3 Å². The number of halogens is 1. The molecule has 23 heavy (non-hydrogen) atoms. The monoisotopic (exact) mass is 354 g/mol. The first-order valence-corrected chi connectivity index (χ1v) is 9.53. The molecule has 1 unspecified atom stereocenters. The van der Waals surface area contributed by atoms with E-state index in [-0.39, 0.29) is 5.54 Å². The van der Waals surface area contributed by atoms with Crippen LogP contribution in [0, 0.1) is 5.41 Å². The molecule has 1 atom stereocenters. The Morgan fingerprint density at radius 2 is 1.83 bits per heavy atom. The molecule has 0 fully saturated rings. The van der Waals surface area contributed by atoms with E-state index in [4.69, 9.17) is 16.6 Å². The Kier molecular flexibility index (Phi) is 6.04. The van der Waals surface area contributed by atoms with E-state index in [2.05, 4.69) is 52.1 Å². The molecule has 0 aliphatic carbocycles. The Balaban J connectivity index is 1.87. The Bertz CT molecular complexity index is 546. The summed E-state index contributed by atoms with van der Waals surface area (Å²) in [5.41, 5.74) is 1.83. The van der Waals surface area contributed by atoms with Crippen LogP contribution in [-0.4, -0.2) is 24.0 Å². The number of quaternary nitrogens is 1. The molecule has 0 spiro atoms. The second-order valence-electron chi connectivity index (χ2n) is 8.11. The fourth-order valence-corrected chi connectivity index (χ4v) is 4.15. The maximum absolute atomic E-state index is 5.92. The van der Waals surface area contributed by atoms with Crippen LogP contribution in [0.25, 0.3) is 0 Å². The molecule has 2 N–H and O–H groups in total. The van der Waals surface area contributed by atoms with E-state index >= 15 is 0 Å². The summed E-state index contributed by atoms with van der Waals surface area (Å²) in [7, 11) is 0. The van der Waals surface area contributed by atoms with Gasteiger partial charge in [-0.3, -0.25) is 4.90 Å². The third-order valence-corrected chi connectivity index (χ3v) is 5.36. The maximum atomic E-state index is 5.92. The van der Waals surface area contributed by atoms with Crippen molar-refractivity contribution in [2.75, 3.05) is 13.3 Å². The minimum atomic E-state index is 0.223. The molecule has 1 aliphatic heterocycles. The first kappa shape index (κ1) is 18.6. The van der Waals surface area contributed by atoms with Crippen LogP contribution in [0.2, 0.25) is 5.02 Å². The van der Waals surface area contributed by atoms with Crippen molar-refractivity contribution in [1.29, 1.82) is 0 Å². The molecule has 3 nitrogen and oxygen atoms in total. The van der Waals surface area contributed by atoms with Gasteiger partial charge in [0.1, 0.15) is 0 Å². The SMILES string of the molecule is CC(C)(C)CC(C)(C)[NH+]1CN=C(SCc2ccc(Cl)cc2)NC1. The molecule has 0 amide bonds. The zero-order valence-electron chi connectivity index (χ0n) is 14.9. The van der Waals surface area contributed by atoms with Gasteiger partial charge in [0.05, 0.1) is 5.54 Å². The molecule has 0 aromatic heterocycles. The van der Waals surface area contributed by atoms with Gasteiger partial charge in [0, 0.05) is 17.2 Å². The number of rotatable bonds is 4. The van der Waals surface area contributed by atoms with Crippen molar-refractivity contribution < 1.29 is 4.90 Å². The Morgan fingerprint density at radius 3 is 2.35 bits per heavy atom. The van der Waals surface area contributed by atoms with E-state index < -0.39 is 0 Å². The number of hydrogen-bond donors (Lipinski definition) is 2. The van der Waals surface area contributed by atoms with Crippen molar-refractivity contribution in [1.82, 2.24) is 5.32 Å². The second kappa shape index (κ2) is 7.45. The van der Waals surface area contributed by atoms with E-state index in [0.29, 0.717) is 5.41 Å². The van der Waals surface area contributed by atoms with Gasteiger partial charge < -0.3 is 5.32 Å². The highest BCUT2D eigenvalue weighted by Crippen LogP contribution is 2.25. The van der Waals surface area contributed by atoms with Crippen molar-refractivity contribution in [2.24, 2.45) is 10.4 Å². The lowest BCUT2D eigenvalue weighted by Crippen LogP contribution is -3.21. The standard InChI is InChI=1S/C18H28ClN3S/c1-17(2,3)11-18(4,5)22-12-20-16(21-13-22)23-10-14-6-8-15(19)9-7-14/h6-9H,10-13H2,1-5H3,(H,20,21)/p+1. The molecule has 0 saturated carbocycles. The van der Waals surface area contributed by atoms with E-state index in [1.165, 1.54) is 16.9 Å². The summed E-state index contributed by atoms with van der Waals surface area (Å²) in [4.78, 5) is 6.25. The average molecular weight is 355 g/mol. The van der Waals surface area contributed by atoms with Gasteiger partial charge in [0.15, 0.2) is 18.5 Å². The molecule has 1 aromatic carbocycles. The lowest BCUT2D eigenvalue weighted by Gasteiger charge is -2.40. The van der Waals surface area contributed by atoms with Gasteiger partial charge in [0.2, 0.25) is 0 Å². The van der Waals surface area contributed by atoms with E-state index in [1.807, 2.05) is 12.1 Å². The highest BCUT2D eigenvalue weighted by molar-refractivity contribution is 8.13. The molecule has 0 saturated heterocycles. The predicted octanol–water partition coefficient (Wildman–Crippen LogP) is 3.55. The number of benzene rings is 1. The lowest BCUT2D eigenvalue weighted by molar-refractivity contribution is -0.952. The van der Waals surface area contributed by atoms with Gasteiger partial charge in [-0.1, -0.05) is 56.3 Å². The van der Waals surface area contributed by atoms with Crippen LogP contribution in [-0.2, 0) is 5.75 Å². The van der Waals surface area contributed by atoms with Gasteiger partial charge in [-0.05, 0) is 37.0 Å². The number of aliphatic imine (C=N–C) groups is 1. The predicted molar refractivity (Wildman–Crippen MR) is 102 cm³/mol. The third kappa shape index (κ3) is 6.02. The fraction of sp³-hybridized carbons (Fsp3) is 0.611. The third-order valence-electron chi connectivity index (χ3n) is 4.08. The van der Waals surface area contributed by atoms with Crippen molar-refractivity contribution in [2.45, 2.75) is 52.3 Å². The fourth-order valence-electron chi connectivity index (χ4n) is 3.19. The Morgan fingerprint density at radius 1 is 1.17 bits per heavy atom. The van der Waals surface area contributed by atoms with E-state index in [0.717, 1.165) is 29.3 Å². The Hall–Kier alpha value is -0.710. The number of nitrogens with one attached hydrogen (secondary N) is 2. The van der Waals surface area contributed by atoms with Crippen molar-refractivity contribution in [3.63, 3.8) is 0 Å². The topological polar surface area (TPSA) is 28.8 Å². The number of nitrogens with zero attached hydrogens (tertiary/aromatic N) is 1. The molecule has 5 heteroatoms. The highest BCUT2D eigenvalue weighted by atomic mass is 35.5. The van der Waals surface area contributed by atoms with Crippen LogP contribution < -0.4 is 10.2 Å². The summed E-state index contributed by atoms with van der Waals surface area (Å²) in [5, 5.41) is 5.33. The number of hydrogen-bond acceptors (Lipinski definition) is 3. The van der Waals surface area contributed by atoms with Crippen molar-refractivity contribution >= 4 is 28.5 Å². The molecule has 0 radical (unpaired) electrons. The van der Waals surface area contributed by atoms with Crippen LogP contribution in [0.5, 0.6) is 0 Å². The summed E-state index contributed by atoms with van der Waals surface area (Å²) in [5.74, 6) is 0.920. The molecule has 2 rings (SSSR count). The maximum Gasteiger partial charge on any atom is 0.175 e. The van der Waals surface area contributed by atoms with Crippen molar-refractivity contribution in [3.05, 3.63) is 34.9 Å². The smallest absolute Gasteiger partial charge is 0.175 e. The molecular formula is C18H29ClN3S+. The molecule has 128 valence electrons. The quantitative estimate of drug-likeness (QED) is 0.865. The van der Waals surface area contributed by atoms with Gasteiger partial charge in [-0.25, -0.2) is 4.99 Å². The molecule has 1 heterocycles. The van der Waals surface area contributed by atoms with Gasteiger partial charge >= 0.3 is 0 Å². The van der Waals surface area contributed by atoms with E-state index in [1.54, 1.807) is 11.8 Å². The molecular weight excluding hydrogens is 326 g/mol. The highest BCUT2D eigenvalue weighted by Gasteiger charge is 2.36. The normalized spacial score (nSPS) is 19.2. The summed E-state index contributed by atoms with van der Waals surface area (Å²) in [6.07, 6.45) is 1.18. The van der Waals surface area contributed by atoms with Crippen LogP contribution in [0.1, 0.15) is 46.6 Å². The second-order valence-corrected chi connectivity index (χ2v) is 9.52. The summed E-state index contributed by atoms with van der Waals surface area (Å²) >= 11 is 7.68. The molecule has 1 aliphatic rings. The first-order valence-electron chi connectivity index (χ1n) is 8.16. The summed E-state index contributed by atoms with van der Waals surface area (Å²) < 4.78 is 0. The van der Waals surface area contributed by atoms with Crippen LogP contribution >= 0.6 is 23.4 Å². The van der Waals surface area contributed by atoms with E-state index in [9.17, 15) is 0 Å². The number of amidine groups is 1. The minimum absolute atomic E-state index is 0.223. The van der Waals surface area contributed by atoms with Gasteiger partial charge in [0.25, 0.3) is 0 Å². The van der Waals surface area contributed by atoms with Crippen molar-refractivity contribution in [3.8, 4) is 0 Å². The lowest BCUT2D eigenvalue weighted by atomic mass is 9.81. The first-order chi connectivity index (χ1) is 10.7. The summed E-state index contributed by atoms with van der Waals surface area (Å²) in [6, 6.07) is 8.02. The molecule has 1 aromatic rings. The zero-order chi connectivity index (χ0) is 17.1. The number of thioether (sulfide) groups is 1.